The normalized spacial score (nSPS) is 10.6. The van der Waals surface area contributed by atoms with Gasteiger partial charge in [-0.05, 0) is 31.2 Å². The Kier molecular flexibility index (Phi) is 5.38. The highest BCUT2D eigenvalue weighted by molar-refractivity contribution is 7.21. The maximum Gasteiger partial charge on any atom is 0.338 e. The summed E-state index contributed by atoms with van der Waals surface area (Å²) in [5.74, 6) is -0.953. The third-order valence-corrected chi connectivity index (χ3v) is 5.32. The monoisotopic (exact) mass is 404 g/mol. The first-order valence-electron chi connectivity index (χ1n) is 7.85. The van der Waals surface area contributed by atoms with Gasteiger partial charge in [-0.3, -0.25) is 14.9 Å². The zero-order valence-corrected chi connectivity index (χ0v) is 15.6. The van der Waals surface area contributed by atoms with Gasteiger partial charge in [-0.2, -0.15) is 0 Å². The second-order valence-corrected chi connectivity index (χ2v) is 6.87. The average Bonchev–Trinajstić information content (AvgIpc) is 2.98. The van der Waals surface area contributed by atoms with Crippen LogP contribution in [0.15, 0.2) is 42.5 Å². The van der Waals surface area contributed by atoms with E-state index in [-0.39, 0.29) is 22.2 Å². The first-order chi connectivity index (χ1) is 12.9. The number of fused-ring (bicyclic) bond motifs is 1. The Labute approximate surface area is 162 Å². The van der Waals surface area contributed by atoms with Crippen molar-refractivity contribution in [2.45, 2.75) is 6.92 Å². The number of halogens is 1. The van der Waals surface area contributed by atoms with Crippen LogP contribution in [0.5, 0.6) is 0 Å². The van der Waals surface area contributed by atoms with Crippen molar-refractivity contribution in [3.8, 4) is 0 Å². The molecule has 1 heterocycles. The molecule has 0 unspecified atom stereocenters. The number of rotatable bonds is 5. The molecule has 3 aromatic rings. The maximum atomic E-state index is 12.6. The number of esters is 1. The van der Waals surface area contributed by atoms with E-state index in [1.165, 1.54) is 24.3 Å². The Balaban J connectivity index is 1.88. The Bertz CT molecular complexity index is 1060. The number of nitrogens with one attached hydrogen (secondary N) is 1. The fraction of sp³-hybridized carbons (Fsp3) is 0.111. The minimum atomic E-state index is -0.506. The molecule has 0 aliphatic carbocycles. The number of carbonyl (C=O) groups excluding carboxylic acids is 2. The Hall–Kier alpha value is -2.97. The standard InChI is InChI=1S/C18H13ClN2O5S/c1-2-26-18(23)10-4-3-5-11(8-10)20-17(22)16-15(19)13-7-6-12(21(24)25)9-14(13)27-16/h3-9H,2H2,1H3,(H,20,22). The fourth-order valence-corrected chi connectivity index (χ4v) is 3.88. The lowest BCUT2D eigenvalue weighted by Crippen LogP contribution is -2.12. The predicted molar refractivity (Wildman–Crippen MR) is 104 cm³/mol. The van der Waals surface area contributed by atoms with E-state index in [4.69, 9.17) is 16.3 Å². The lowest BCUT2D eigenvalue weighted by molar-refractivity contribution is -0.384. The van der Waals surface area contributed by atoms with Crippen molar-refractivity contribution in [1.29, 1.82) is 0 Å². The first-order valence-corrected chi connectivity index (χ1v) is 9.05. The zero-order chi connectivity index (χ0) is 19.6. The highest BCUT2D eigenvalue weighted by Gasteiger charge is 2.19. The number of nitrogens with zero attached hydrogens (tertiary/aromatic N) is 1. The molecular formula is C18H13ClN2O5S. The topological polar surface area (TPSA) is 98.5 Å². The number of amides is 1. The van der Waals surface area contributed by atoms with Crippen LogP contribution in [0.4, 0.5) is 11.4 Å². The number of carbonyl (C=O) groups is 2. The van der Waals surface area contributed by atoms with Gasteiger partial charge in [-0.15, -0.1) is 11.3 Å². The minimum Gasteiger partial charge on any atom is -0.462 e. The predicted octanol–water partition coefficient (Wildman–Crippen LogP) is 4.89. The quantitative estimate of drug-likeness (QED) is 0.370. The highest BCUT2D eigenvalue weighted by atomic mass is 35.5. The second-order valence-electron chi connectivity index (χ2n) is 5.44. The largest absolute Gasteiger partial charge is 0.462 e. The first kappa shape index (κ1) is 18.8. The molecule has 0 aliphatic heterocycles. The van der Waals surface area contributed by atoms with Gasteiger partial charge in [0.15, 0.2) is 0 Å². The number of non-ortho nitro benzene ring substituents is 1. The number of hydrogen-bond acceptors (Lipinski definition) is 6. The van der Waals surface area contributed by atoms with Gasteiger partial charge in [0.2, 0.25) is 0 Å². The molecule has 0 spiro atoms. The number of benzene rings is 2. The summed E-state index contributed by atoms with van der Waals surface area (Å²) in [5, 5.41) is 14.4. The molecule has 9 heteroatoms. The Morgan fingerprint density at radius 3 is 2.74 bits per heavy atom. The van der Waals surface area contributed by atoms with E-state index in [1.54, 1.807) is 25.1 Å². The van der Waals surface area contributed by atoms with Gasteiger partial charge in [0.1, 0.15) is 4.88 Å². The maximum absolute atomic E-state index is 12.6. The van der Waals surface area contributed by atoms with Crippen molar-refractivity contribution in [3.63, 3.8) is 0 Å². The summed E-state index contributed by atoms with van der Waals surface area (Å²) in [7, 11) is 0. The van der Waals surface area contributed by atoms with Gasteiger partial charge in [-0.25, -0.2) is 4.79 Å². The van der Waals surface area contributed by atoms with Crippen LogP contribution in [0.25, 0.3) is 10.1 Å². The van der Waals surface area contributed by atoms with Crippen LogP contribution in [-0.4, -0.2) is 23.4 Å². The van der Waals surface area contributed by atoms with Gasteiger partial charge >= 0.3 is 5.97 Å². The molecule has 1 amide bonds. The van der Waals surface area contributed by atoms with Crippen molar-refractivity contribution < 1.29 is 19.2 Å². The van der Waals surface area contributed by atoms with Crippen LogP contribution in [-0.2, 0) is 4.74 Å². The van der Waals surface area contributed by atoms with Crippen molar-refractivity contribution in [2.24, 2.45) is 0 Å². The molecule has 0 bridgehead atoms. The zero-order valence-electron chi connectivity index (χ0n) is 14.0. The summed E-state index contributed by atoms with van der Waals surface area (Å²) in [6.07, 6.45) is 0. The molecule has 1 N–H and O–H groups in total. The molecule has 0 saturated heterocycles. The summed E-state index contributed by atoms with van der Waals surface area (Å²) in [5.41, 5.74) is 0.646. The molecule has 138 valence electrons. The van der Waals surface area contributed by atoms with Crippen LogP contribution in [0.2, 0.25) is 5.02 Å². The van der Waals surface area contributed by atoms with Crippen LogP contribution < -0.4 is 5.32 Å². The lowest BCUT2D eigenvalue weighted by Gasteiger charge is -2.06. The second kappa shape index (κ2) is 7.73. The molecule has 0 atom stereocenters. The van der Waals surface area contributed by atoms with Gasteiger partial charge in [0, 0.05) is 27.9 Å². The smallest absolute Gasteiger partial charge is 0.338 e. The van der Waals surface area contributed by atoms with E-state index in [1.807, 2.05) is 0 Å². The molecular weight excluding hydrogens is 392 g/mol. The molecule has 3 rings (SSSR count). The van der Waals surface area contributed by atoms with Crippen molar-refractivity contribution >= 4 is 56.3 Å². The summed E-state index contributed by atoms with van der Waals surface area (Å²) < 4.78 is 5.48. The molecule has 27 heavy (non-hydrogen) atoms. The number of ether oxygens (including phenoxy) is 1. The molecule has 0 aliphatic rings. The van der Waals surface area contributed by atoms with Crippen molar-refractivity contribution in [1.82, 2.24) is 0 Å². The van der Waals surface area contributed by atoms with Crippen LogP contribution >= 0.6 is 22.9 Å². The van der Waals surface area contributed by atoms with Crippen molar-refractivity contribution in [2.75, 3.05) is 11.9 Å². The third-order valence-electron chi connectivity index (χ3n) is 3.66. The van der Waals surface area contributed by atoms with E-state index >= 15 is 0 Å². The number of nitro benzene ring substituents is 1. The number of thiophene rings is 1. The number of hydrogen-bond donors (Lipinski definition) is 1. The Morgan fingerprint density at radius 2 is 2.04 bits per heavy atom. The van der Waals surface area contributed by atoms with E-state index in [0.29, 0.717) is 21.3 Å². The molecule has 2 aromatic carbocycles. The van der Waals surface area contributed by atoms with Gasteiger partial charge in [0.25, 0.3) is 11.6 Å². The molecule has 0 radical (unpaired) electrons. The van der Waals surface area contributed by atoms with E-state index in [9.17, 15) is 19.7 Å². The van der Waals surface area contributed by atoms with Crippen LogP contribution in [0.1, 0.15) is 27.0 Å². The Morgan fingerprint density at radius 1 is 1.26 bits per heavy atom. The van der Waals surface area contributed by atoms with Gasteiger partial charge < -0.3 is 10.1 Å². The molecule has 7 nitrogen and oxygen atoms in total. The summed E-state index contributed by atoms with van der Waals surface area (Å²) in [4.78, 5) is 35.0. The molecule has 0 saturated carbocycles. The highest BCUT2D eigenvalue weighted by Crippen LogP contribution is 2.37. The van der Waals surface area contributed by atoms with Crippen molar-refractivity contribution in [3.05, 3.63) is 68.0 Å². The molecule has 1 aromatic heterocycles. The van der Waals surface area contributed by atoms with E-state index < -0.39 is 16.8 Å². The summed E-state index contributed by atoms with van der Waals surface area (Å²) in [6, 6.07) is 10.6. The van der Waals surface area contributed by atoms with Gasteiger partial charge in [0.05, 0.1) is 22.1 Å². The average molecular weight is 405 g/mol. The van der Waals surface area contributed by atoms with Crippen LogP contribution in [0, 0.1) is 10.1 Å². The number of anilines is 1. The fourth-order valence-electron chi connectivity index (χ4n) is 2.44. The SMILES string of the molecule is CCOC(=O)c1cccc(NC(=O)c2sc3cc([N+](=O)[O-])ccc3c2Cl)c1. The van der Waals surface area contributed by atoms with Gasteiger partial charge in [-0.1, -0.05) is 17.7 Å². The summed E-state index contributed by atoms with van der Waals surface area (Å²) in [6.45, 7) is 1.95. The molecule has 0 fully saturated rings. The lowest BCUT2D eigenvalue weighted by atomic mass is 10.2. The van der Waals surface area contributed by atoms with E-state index in [2.05, 4.69) is 5.32 Å². The number of nitro groups is 1. The summed E-state index contributed by atoms with van der Waals surface area (Å²) >= 11 is 7.34. The third kappa shape index (κ3) is 3.91. The van der Waals surface area contributed by atoms with E-state index in [0.717, 1.165) is 11.3 Å². The van der Waals surface area contributed by atoms with Crippen LogP contribution in [0.3, 0.4) is 0 Å². The minimum absolute atomic E-state index is 0.0745.